The number of benzene rings is 2. The second kappa shape index (κ2) is 9.45. The highest BCUT2D eigenvalue weighted by atomic mass is 19.1. The normalized spacial score (nSPS) is 17.2. The summed E-state index contributed by atoms with van der Waals surface area (Å²) < 4.78 is 18.5. The van der Waals surface area contributed by atoms with Crippen molar-refractivity contribution in [3.8, 4) is 0 Å². The number of amides is 2. The zero-order valence-corrected chi connectivity index (χ0v) is 17.6. The highest BCUT2D eigenvalue weighted by Gasteiger charge is 2.26. The lowest BCUT2D eigenvalue weighted by atomic mass is 10.0. The molecule has 1 atom stereocenters. The van der Waals surface area contributed by atoms with Gasteiger partial charge in [0, 0.05) is 44.6 Å². The number of carbonyl (C=O) groups is 2. The Morgan fingerprint density at radius 2 is 1.81 bits per heavy atom. The van der Waals surface area contributed by atoms with E-state index in [1.165, 1.54) is 35.5 Å². The number of fused-ring (bicyclic) bond motifs is 1. The Kier molecular flexibility index (Phi) is 6.48. The summed E-state index contributed by atoms with van der Waals surface area (Å²) >= 11 is 0. The second-order valence-electron chi connectivity index (χ2n) is 7.89. The summed E-state index contributed by atoms with van der Waals surface area (Å²) in [5, 5.41) is 5.26. The first-order chi connectivity index (χ1) is 15.0. The fourth-order valence-electron chi connectivity index (χ4n) is 4.13. The predicted molar refractivity (Wildman–Crippen MR) is 117 cm³/mol. The third-order valence-electron chi connectivity index (χ3n) is 5.87. The third-order valence-corrected chi connectivity index (χ3v) is 5.87. The molecule has 1 fully saturated rings. The van der Waals surface area contributed by atoms with Crippen LogP contribution in [-0.4, -0.2) is 63.2 Å². The standard InChI is InChI=1S/C23H27FN4O3/c1-27-9-8-17-14-16(2-7-20(17)27)21(28-10-12-31-13-11-28)15-25-22(29)23(30)26-19-5-3-18(24)4-6-19/h2-7,14,21H,8-13,15H2,1H3,(H,25,29)(H,26,30)/t21-/m0/s1. The van der Waals surface area contributed by atoms with Gasteiger partial charge in [0.1, 0.15) is 5.82 Å². The minimum Gasteiger partial charge on any atom is -0.379 e. The van der Waals surface area contributed by atoms with Crippen LogP contribution in [0.15, 0.2) is 42.5 Å². The van der Waals surface area contributed by atoms with Gasteiger partial charge in [0.25, 0.3) is 0 Å². The largest absolute Gasteiger partial charge is 0.379 e. The van der Waals surface area contributed by atoms with E-state index < -0.39 is 17.6 Å². The van der Waals surface area contributed by atoms with Crippen molar-refractivity contribution in [3.05, 3.63) is 59.4 Å². The number of ether oxygens (including phenoxy) is 1. The average Bonchev–Trinajstić information content (AvgIpc) is 3.16. The van der Waals surface area contributed by atoms with Crippen LogP contribution < -0.4 is 15.5 Å². The molecule has 4 rings (SSSR count). The average molecular weight is 426 g/mol. The van der Waals surface area contributed by atoms with Crippen molar-refractivity contribution in [2.45, 2.75) is 12.5 Å². The van der Waals surface area contributed by atoms with E-state index >= 15 is 0 Å². The minimum atomic E-state index is -0.775. The lowest BCUT2D eigenvalue weighted by Crippen LogP contribution is -2.45. The fraction of sp³-hybridized carbons (Fsp3) is 0.391. The van der Waals surface area contributed by atoms with E-state index in [1.54, 1.807) is 0 Å². The van der Waals surface area contributed by atoms with Gasteiger partial charge in [0.2, 0.25) is 0 Å². The molecule has 2 aliphatic heterocycles. The highest BCUT2D eigenvalue weighted by molar-refractivity contribution is 6.39. The Hall–Kier alpha value is -2.97. The van der Waals surface area contributed by atoms with Crippen molar-refractivity contribution >= 4 is 23.2 Å². The Labute approximate surface area is 181 Å². The van der Waals surface area contributed by atoms with Gasteiger partial charge in [-0.15, -0.1) is 0 Å². The molecule has 2 aromatic carbocycles. The summed E-state index contributed by atoms with van der Waals surface area (Å²) in [7, 11) is 2.09. The number of anilines is 2. The van der Waals surface area contributed by atoms with Crippen molar-refractivity contribution in [2.75, 3.05) is 56.7 Å². The van der Waals surface area contributed by atoms with Gasteiger partial charge < -0.3 is 20.3 Å². The van der Waals surface area contributed by atoms with Crippen LogP contribution in [-0.2, 0) is 20.7 Å². The van der Waals surface area contributed by atoms with Gasteiger partial charge in [-0.2, -0.15) is 0 Å². The van der Waals surface area contributed by atoms with E-state index in [0.29, 0.717) is 25.4 Å². The van der Waals surface area contributed by atoms with Crippen LogP contribution in [0.2, 0.25) is 0 Å². The smallest absolute Gasteiger partial charge is 0.313 e. The summed E-state index contributed by atoms with van der Waals surface area (Å²) in [6.07, 6.45) is 1.00. The molecule has 0 radical (unpaired) electrons. The second-order valence-corrected chi connectivity index (χ2v) is 7.89. The van der Waals surface area contributed by atoms with Crippen LogP contribution in [0.5, 0.6) is 0 Å². The van der Waals surface area contributed by atoms with Crippen molar-refractivity contribution in [2.24, 2.45) is 0 Å². The fourth-order valence-corrected chi connectivity index (χ4v) is 4.13. The summed E-state index contributed by atoms with van der Waals surface area (Å²) in [5.41, 5.74) is 4.04. The Balaban J connectivity index is 1.44. The molecule has 2 N–H and O–H groups in total. The van der Waals surface area contributed by atoms with Crippen molar-refractivity contribution in [1.82, 2.24) is 10.2 Å². The molecule has 0 aromatic heterocycles. The number of morpholine rings is 1. The zero-order chi connectivity index (χ0) is 21.8. The summed E-state index contributed by atoms with van der Waals surface area (Å²) in [4.78, 5) is 29.2. The minimum absolute atomic E-state index is 0.0531. The van der Waals surface area contributed by atoms with Gasteiger partial charge in [-0.25, -0.2) is 4.39 Å². The van der Waals surface area contributed by atoms with E-state index in [-0.39, 0.29) is 6.04 Å². The van der Waals surface area contributed by atoms with Crippen LogP contribution in [0.1, 0.15) is 17.2 Å². The molecule has 0 aliphatic carbocycles. The molecular formula is C23H27FN4O3. The highest BCUT2D eigenvalue weighted by Crippen LogP contribution is 2.31. The number of nitrogens with one attached hydrogen (secondary N) is 2. The van der Waals surface area contributed by atoms with Crippen molar-refractivity contribution in [1.29, 1.82) is 0 Å². The van der Waals surface area contributed by atoms with Gasteiger partial charge in [-0.1, -0.05) is 12.1 Å². The molecule has 0 spiro atoms. The van der Waals surface area contributed by atoms with Gasteiger partial charge in [0.05, 0.1) is 19.3 Å². The number of nitrogens with zero attached hydrogens (tertiary/aromatic N) is 2. The Morgan fingerprint density at radius 3 is 2.55 bits per heavy atom. The molecule has 0 saturated carbocycles. The van der Waals surface area contributed by atoms with E-state index in [1.807, 2.05) is 0 Å². The first kappa shape index (κ1) is 21.3. The SMILES string of the molecule is CN1CCc2cc([C@H](CNC(=O)C(=O)Nc3ccc(F)cc3)N3CCOCC3)ccc21. The summed E-state index contributed by atoms with van der Waals surface area (Å²) in [6.45, 7) is 4.12. The summed E-state index contributed by atoms with van der Waals surface area (Å²) in [5.74, 6) is -1.90. The molecule has 7 nitrogen and oxygen atoms in total. The number of halogens is 1. The predicted octanol–water partition coefficient (Wildman–Crippen LogP) is 1.95. The number of carbonyl (C=O) groups excluding carboxylic acids is 2. The molecule has 2 aliphatic rings. The molecule has 2 heterocycles. The maximum atomic E-state index is 13.0. The monoisotopic (exact) mass is 426 g/mol. The van der Waals surface area contributed by atoms with Crippen LogP contribution in [0, 0.1) is 5.82 Å². The van der Waals surface area contributed by atoms with E-state index in [0.717, 1.165) is 31.6 Å². The molecule has 31 heavy (non-hydrogen) atoms. The maximum Gasteiger partial charge on any atom is 0.313 e. The number of hydrogen-bond acceptors (Lipinski definition) is 5. The van der Waals surface area contributed by atoms with Crippen molar-refractivity contribution in [3.63, 3.8) is 0 Å². The van der Waals surface area contributed by atoms with Crippen molar-refractivity contribution < 1.29 is 18.7 Å². The van der Waals surface area contributed by atoms with Crippen LogP contribution >= 0.6 is 0 Å². The molecule has 2 amide bonds. The molecule has 0 bridgehead atoms. The van der Waals surface area contributed by atoms with Gasteiger partial charge >= 0.3 is 11.8 Å². The lowest BCUT2D eigenvalue weighted by molar-refractivity contribution is -0.136. The van der Waals surface area contributed by atoms with Crippen LogP contribution in [0.3, 0.4) is 0 Å². The topological polar surface area (TPSA) is 73.9 Å². The molecule has 2 aromatic rings. The first-order valence-corrected chi connectivity index (χ1v) is 10.5. The van der Waals surface area contributed by atoms with Gasteiger partial charge in [0.15, 0.2) is 0 Å². The van der Waals surface area contributed by atoms with E-state index in [4.69, 9.17) is 4.74 Å². The number of likely N-dealkylation sites (N-methyl/N-ethyl adjacent to an activating group) is 1. The number of hydrogen-bond donors (Lipinski definition) is 2. The van der Waals surface area contributed by atoms with Crippen LogP contribution in [0.25, 0.3) is 0 Å². The molecule has 164 valence electrons. The molecule has 8 heteroatoms. The molecule has 0 unspecified atom stereocenters. The van der Waals surface area contributed by atoms with Gasteiger partial charge in [-0.05, 0) is 47.9 Å². The lowest BCUT2D eigenvalue weighted by Gasteiger charge is -2.35. The summed E-state index contributed by atoms with van der Waals surface area (Å²) in [6, 6.07) is 11.7. The van der Waals surface area contributed by atoms with Crippen LogP contribution in [0.4, 0.5) is 15.8 Å². The quantitative estimate of drug-likeness (QED) is 0.715. The van der Waals surface area contributed by atoms with Gasteiger partial charge in [-0.3, -0.25) is 14.5 Å². The Morgan fingerprint density at radius 1 is 1.06 bits per heavy atom. The Bertz CT molecular complexity index is 944. The molecule has 1 saturated heterocycles. The maximum absolute atomic E-state index is 13.0. The van der Waals surface area contributed by atoms with E-state index in [2.05, 4.69) is 45.7 Å². The first-order valence-electron chi connectivity index (χ1n) is 10.5. The zero-order valence-electron chi connectivity index (χ0n) is 17.6. The van der Waals surface area contributed by atoms with E-state index in [9.17, 15) is 14.0 Å². The third kappa shape index (κ3) is 5.03. The molecular weight excluding hydrogens is 399 g/mol. The number of rotatable bonds is 5.